The predicted octanol–water partition coefficient (Wildman–Crippen LogP) is 3.95. The molecule has 0 aliphatic rings. The SMILES string of the molecule is COCC(=O)NC(C)c1nc2ccccc2n1CCCOc1cc(C)cc(C)c1. The third kappa shape index (κ3) is 5.35. The minimum absolute atomic E-state index is 0.0360. The van der Waals surface area contributed by atoms with E-state index in [4.69, 9.17) is 14.5 Å². The lowest BCUT2D eigenvalue weighted by molar-refractivity contribution is -0.125. The topological polar surface area (TPSA) is 65.4 Å². The largest absolute Gasteiger partial charge is 0.494 e. The molecule has 0 aliphatic carbocycles. The summed E-state index contributed by atoms with van der Waals surface area (Å²) >= 11 is 0. The second-order valence-corrected chi connectivity index (χ2v) is 7.36. The number of carbonyl (C=O) groups is 1. The number of imidazole rings is 1. The molecule has 1 N–H and O–H groups in total. The number of ether oxygens (including phenoxy) is 2. The van der Waals surface area contributed by atoms with Gasteiger partial charge in [-0.1, -0.05) is 18.2 Å². The Labute approximate surface area is 171 Å². The number of hydrogen-bond acceptors (Lipinski definition) is 4. The van der Waals surface area contributed by atoms with Gasteiger partial charge in [-0.15, -0.1) is 0 Å². The molecule has 0 saturated carbocycles. The van der Waals surface area contributed by atoms with Crippen LogP contribution in [0.1, 0.15) is 36.3 Å². The maximum atomic E-state index is 11.9. The third-order valence-electron chi connectivity index (χ3n) is 4.71. The number of fused-ring (bicyclic) bond motifs is 1. The van der Waals surface area contributed by atoms with Crippen molar-refractivity contribution in [2.45, 2.75) is 39.8 Å². The molecule has 3 aromatic rings. The second-order valence-electron chi connectivity index (χ2n) is 7.36. The van der Waals surface area contributed by atoms with Crippen LogP contribution >= 0.6 is 0 Å². The van der Waals surface area contributed by atoms with Crippen LogP contribution in [-0.2, 0) is 16.1 Å². The molecule has 1 heterocycles. The number of hydrogen-bond donors (Lipinski definition) is 1. The smallest absolute Gasteiger partial charge is 0.246 e. The summed E-state index contributed by atoms with van der Waals surface area (Å²) in [6.07, 6.45) is 0.832. The van der Waals surface area contributed by atoms with Gasteiger partial charge in [0, 0.05) is 13.7 Å². The van der Waals surface area contributed by atoms with E-state index in [1.807, 2.05) is 25.1 Å². The molecule has 1 aromatic heterocycles. The Hall–Kier alpha value is -2.86. The zero-order valence-corrected chi connectivity index (χ0v) is 17.6. The van der Waals surface area contributed by atoms with Crippen LogP contribution in [0.3, 0.4) is 0 Å². The molecule has 0 radical (unpaired) electrons. The van der Waals surface area contributed by atoms with E-state index in [0.717, 1.165) is 35.6 Å². The highest BCUT2D eigenvalue weighted by atomic mass is 16.5. The van der Waals surface area contributed by atoms with Gasteiger partial charge in [0.1, 0.15) is 18.2 Å². The fourth-order valence-electron chi connectivity index (χ4n) is 3.57. The molecule has 0 spiro atoms. The van der Waals surface area contributed by atoms with E-state index in [1.54, 1.807) is 0 Å². The number of nitrogens with zero attached hydrogens (tertiary/aromatic N) is 2. The second kappa shape index (κ2) is 9.56. The number of para-hydroxylation sites is 2. The van der Waals surface area contributed by atoms with Crippen LogP contribution in [0.2, 0.25) is 0 Å². The Kier molecular flexibility index (Phi) is 6.88. The van der Waals surface area contributed by atoms with E-state index in [-0.39, 0.29) is 18.6 Å². The minimum atomic E-state index is -0.217. The highest BCUT2D eigenvalue weighted by Crippen LogP contribution is 2.22. The Morgan fingerprint density at radius 3 is 2.62 bits per heavy atom. The molecule has 3 rings (SSSR count). The highest BCUT2D eigenvalue weighted by Gasteiger charge is 2.18. The van der Waals surface area contributed by atoms with E-state index in [9.17, 15) is 4.79 Å². The number of carbonyl (C=O) groups excluding carboxylic acids is 1. The van der Waals surface area contributed by atoms with E-state index >= 15 is 0 Å². The van der Waals surface area contributed by atoms with E-state index in [0.29, 0.717) is 6.61 Å². The van der Waals surface area contributed by atoms with Gasteiger partial charge in [0.15, 0.2) is 0 Å². The highest BCUT2D eigenvalue weighted by molar-refractivity contribution is 5.78. The predicted molar refractivity (Wildman–Crippen MR) is 114 cm³/mol. The zero-order valence-electron chi connectivity index (χ0n) is 17.6. The van der Waals surface area contributed by atoms with Gasteiger partial charge in [-0.25, -0.2) is 4.98 Å². The van der Waals surface area contributed by atoms with Crippen LogP contribution in [-0.4, -0.2) is 35.8 Å². The molecule has 6 nitrogen and oxygen atoms in total. The molecule has 1 atom stereocenters. The molecule has 0 saturated heterocycles. The lowest BCUT2D eigenvalue weighted by atomic mass is 10.1. The van der Waals surface area contributed by atoms with Gasteiger partial charge in [0.05, 0.1) is 23.7 Å². The number of rotatable bonds is 9. The molecule has 1 amide bonds. The average molecular weight is 396 g/mol. The fraction of sp³-hybridized carbons (Fsp3) is 0.391. The first-order chi connectivity index (χ1) is 14.0. The first-order valence-corrected chi connectivity index (χ1v) is 9.92. The minimum Gasteiger partial charge on any atom is -0.494 e. The number of aryl methyl sites for hydroxylation is 3. The molecule has 154 valence electrons. The first kappa shape index (κ1) is 20.9. The Balaban J connectivity index is 1.71. The molecular weight excluding hydrogens is 366 g/mol. The van der Waals surface area contributed by atoms with Crippen molar-refractivity contribution >= 4 is 16.9 Å². The number of methoxy groups -OCH3 is 1. The van der Waals surface area contributed by atoms with Crippen molar-refractivity contribution in [3.8, 4) is 5.75 Å². The Bertz CT molecular complexity index is 960. The molecule has 0 aliphatic heterocycles. The van der Waals surface area contributed by atoms with Crippen LogP contribution in [0.25, 0.3) is 11.0 Å². The van der Waals surface area contributed by atoms with Crippen molar-refractivity contribution in [1.82, 2.24) is 14.9 Å². The average Bonchev–Trinajstić information content (AvgIpc) is 3.03. The number of amides is 1. The van der Waals surface area contributed by atoms with Crippen molar-refractivity contribution < 1.29 is 14.3 Å². The van der Waals surface area contributed by atoms with Gasteiger partial charge in [0.2, 0.25) is 5.91 Å². The molecule has 0 fully saturated rings. The third-order valence-corrected chi connectivity index (χ3v) is 4.71. The summed E-state index contributed by atoms with van der Waals surface area (Å²) in [6, 6.07) is 14.1. The van der Waals surface area contributed by atoms with Gasteiger partial charge in [-0.3, -0.25) is 4.79 Å². The van der Waals surface area contributed by atoms with Crippen LogP contribution in [0.15, 0.2) is 42.5 Å². The van der Waals surface area contributed by atoms with Crippen LogP contribution in [0.4, 0.5) is 0 Å². The molecule has 1 unspecified atom stereocenters. The summed E-state index contributed by atoms with van der Waals surface area (Å²) in [5.41, 5.74) is 4.37. The van der Waals surface area contributed by atoms with Crippen molar-refractivity contribution in [1.29, 1.82) is 0 Å². The maximum absolute atomic E-state index is 11.9. The monoisotopic (exact) mass is 395 g/mol. The van der Waals surface area contributed by atoms with E-state index in [2.05, 4.69) is 48.0 Å². The van der Waals surface area contributed by atoms with Gasteiger partial charge in [-0.2, -0.15) is 0 Å². The number of benzene rings is 2. The molecule has 0 bridgehead atoms. The zero-order chi connectivity index (χ0) is 20.8. The summed E-state index contributed by atoms with van der Waals surface area (Å²) in [5, 5.41) is 2.95. The van der Waals surface area contributed by atoms with Gasteiger partial charge >= 0.3 is 0 Å². The van der Waals surface area contributed by atoms with E-state index in [1.165, 1.54) is 18.2 Å². The standard InChI is InChI=1S/C23H29N3O3/c1-16-12-17(2)14-19(13-16)29-11-7-10-26-21-9-6-5-8-20(21)25-23(26)18(3)24-22(27)15-28-4/h5-6,8-9,12-14,18H,7,10-11,15H2,1-4H3,(H,24,27). The van der Waals surface area contributed by atoms with Crippen LogP contribution < -0.4 is 10.1 Å². The number of aromatic nitrogens is 2. The number of nitrogens with one attached hydrogen (secondary N) is 1. The van der Waals surface area contributed by atoms with Crippen molar-refractivity contribution in [3.05, 3.63) is 59.4 Å². The molecule has 2 aromatic carbocycles. The van der Waals surface area contributed by atoms with E-state index < -0.39 is 0 Å². The van der Waals surface area contributed by atoms with Crippen LogP contribution in [0, 0.1) is 13.8 Å². The quantitative estimate of drug-likeness (QED) is 0.557. The maximum Gasteiger partial charge on any atom is 0.246 e. The fourth-order valence-corrected chi connectivity index (χ4v) is 3.57. The summed E-state index contributed by atoms with van der Waals surface area (Å²) in [4.78, 5) is 16.7. The van der Waals surface area contributed by atoms with Crippen molar-refractivity contribution in [2.24, 2.45) is 0 Å². The first-order valence-electron chi connectivity index (χ1n) is 9.92. The van der Waals surface area contributed by atoms with Crippen molar-refractivity contribution in [3.63, 3.8) is 0 Å². The summed E-state index contributed by atoms with van der Waals surface area (Å²) in [5.74, 6) is 1.58. The normalized spacial score (nSPS) is 12.1. The van der Waals surface area contributed by atoms with Crippen LogP contribution in [0.5, 0.6) is 5.75 Å². The van der Waals surface area contributed by atoms with Gasteiger partial charge in [-0.05, 0) is 62.6 Å². The Morgan fingerprint density at radius 1 is 1.17 bits per heavy atom. The van der Waals surface area contributed by atoms with Gasteiger partial charge in [0.25, 0.3) is 0 Å². The summed E-state index contributed by atoms with van der Waals surface area (Å²) in [6.45, 7) is 7.49. The lowest BCUT2D eigenvalue weighted by Crippen LogP contribution is -2.31. The molecule has 6 heteroatoms. The summed E-state index contributed by atoms with van der Waals surface area (Å²) in [7, 11) is 1.51. The Morgan fingerprint density at radius 2 is 1.90 bits per heavy atom. The molecular formula is C23H29N3O3. The summed E-state index contributed by atoms with van der Waals surface area (Å²) < 4.78 is 13.0. The lowest BCUT2D eigenvalue weighted by Gasteiger charge is -2.16. The van der Waals surface area contributed by atoms with Gasteiger partial charge < -0.3 is 19.4 Å². The molecule has 29 heavy (non-hydrogen) atoms. The van der Waals surface area contributed by atoms with Crippen molar-refractivity contribution in [2.75, 3.05) is 20.3 Å².